The maximum absolute atomic E-state index is 12.8. The zero-order valence-corrected chi connectivity index (χ0v) is 17.0. The first-order valence-electron chi connectivity index (χ1n) is 9.70. The maximum Gasteiger partial charge on any atom is 0.227 e. The summed E-state index contributed by atoms with van der Waals surface area (Å²) >= 11 is 0. The van der Waals surface area contributed by atoms with Crippen molar-refractivity contribution in [2.75, 3.05) is 18.6 Å². The van der Waals surface area contributed by atoms with Gasteiger partial charge in [0.15, 0.2) is 0 Å². The highest BCUT2D eigenvalue weighted by atomic mass is 16.5. The third kappa shape index (κ3) is 4.61. The second-order valence-electron chi connectivity index (χ2n) is 9.34. The Kier molecular flexibility index (Phi) is 5.21. The molecule has 0 aliphatic carbocycles. The van der Waals surface area contributed by atoms with Gasteiger partial charge in [0.2, 0.25) is 11.8 Å². The average molecular weight is 375 g/mol. The average Bonchev–Trinajstić information content (AvgIpc) is 2.94. The molecule has 3 rings (SSSR count). The Morgan fingerprint density at radius 3 is 2.30 bits per heavy atom. The van der Waals surface area contributed by atoms with E-state index in [0.717, 1.165) is 24.3 Å². The Morgan fingerprint density at radius 1 is 1.15 bits per heavy atom. The fourth-order valence-electron chi connectivity index (χ4n) is 4.83. The van der Waals surface area contributed by atoms with Crippen LogP contribution < -0.4 is 20.3 Å². The van der Waals surface area contributed by atoms with Crippen molar-refractivity contribution in [2.45, 2.75) is 64.1 Å². The number of amides is 2. The Balaban J connectivity index is 1.63. The van der Waals surface area contributed by atoms with Gasteiger partial charge in [-0.3, -0.25) is 9.59 Å². The van der Waals surface area contributed by atoms with Gasteiger partial charge in [-0.25, -0.2) is 0 Å². The summed E-state index contributed by atoms with van der Waals surface area (Å²) in [5.74, 6) is 0.451. The number of quaternary nitrogens is 1. The molecular formula is C21H32N3O3+. The van der Waals surface area contributed by atoms with E-state index in [-0.39, 0.29) is 41.3 Å². The number of nitrogens with zero attached hydrogens (tertiary/aromatic N) is 1. The molecule has 148 valence electrons. The van der Waals surface area contributed by atoms with E-state index >= 15 is 0 Å². The van der Waals surface area contributed by atoms with E-state index in [0.29, 0.717) is 6.54 Å². The Labute approximate surface area is 161 Å². The van der Waals surface area contributed by atoms with E-state index in [1.165, 1.54) is 0 Å². The molecule has 6 nitrogen and oxygen atoms in total. The first-order valence-corrected chi connectivity index (χ1v) is 9.70. The summed E-state index contributed by atoms with van der Waals surface area (Å²) in [5.41, 5.74) is 1.01. The molecular weight excluding hydrogens is 342 g/mol. The highest BCUT2D eigenvalue weighted by molar-refractivity contribution is 6.00. The Hall–Kier alpha value is -2.08. The normalized spacial score (nSPS) is 24.7. The molecule has 0 saturated carbocycles. The number of rotatable bonds is 4. The molecule has 1 atom stereocenters. The largest absolute Gasteiger partial charge is 0.497 e. The molecule has 0 spiro atoms. The summed E-state index contributed by atoms with van der Waals surface area (Å²) in [5, 5.41) is 5.62. The van der Waals surface area contributed by atoms with Crippen molar-refractivity contribution in [3.05, 3.63) is 24.3 Å². The van der Waals surface area contributed by atoms with Gasteiger partial charge >= 0.3 is 0 Å². The van der Waals surface area contributed by atoms with E-state index in [4.69, 9.17) is 4.74 Å². The van der Waals surface area contributed by atoms with Crippen LogP contribution in [0.5, 0.6) is 5.75 Å². The van der Waals surface area contributed by atoms with Crippen molar-refractivity contribution >= 4 is 17.5 Å². The number of methoxy groups -OCH3 is 1. The van der Waals surface area contributed by atoms with Crippen LogP contribution in [0.15, 0.2) is 24.3 Å². The predicted molar refractivity (Wildman–Crippen MR) is 105 cm³/mol. The van der Waals surface area contributed by atoms with E-state index in [1.807, 2.05) is 24.3 Å². The van der Waals surface area contributed by atoms with E-state index in [1.54, 1.807) is 12.0 Å². The smallest absolute Gasteiger partial charge is 0.227 e. The van der Waals surface area contributed by atoms with Gasteiger partial charge in [-0.2, -0.15) is 0 Å². The molecule has 1 aromatic carbocycles. The zero-order chi connectivity index (χ0) is 19.8. The molecule has 3 N–H and O–H groups in total. The van der Waals surface area contributed by atoms with Crippen molar-refractivity contribution in [1.82, 2.24) is 5.32 Å². The second kappa shape index (κ2) is 7.15. The minimum absolute atomic E-state index is 0.00189. The number of piperidine rings is 1. The van der Waals surface area contributed by atoms with Gasteiger partial charge in [0.05, 0.1) is 24.1 Å². The van der Waals surface area contributed by atoms with Crippen molar-refractivity contribution < 1.29 is 19.6 Å². The lowest BCUT2D eigenvalue weighted by molar-refractivity contribution is -0.787. The van der Waals surface area contributed by atoms with Gasteiger partial charge in [-0.15, -0.1) is 0 Å². The molecule has 0 aromatic heterocycles. The topological polar surface area (TPSA) is 75.2 Å². The molecule has 0 radical (unpaired) electrons. The summed E-state index contributed by atoms with van der Waals surface area (Å²) in [7, 11) is 1.61. The third-order valence-electron chi connectivity index (χ3n) is 5.55. The summed E-state index contributed by atoms with van der Waals surface area (Å²) in [4.78, 5) is 27.0. The molecule has 0 bridgehead atoms. The monoisotopic (exact) mass is 374 g/mol. The number of nitrogens with one attached hydrogen (secondary N) is 1. The number of hydrogen-bond donors (Lipinski definition) is 2. The minimum atomic E-state index is -0.295. The first kappa shape index (κ1) is 19.7. The Bertz CT molecular complexity index is 696. The van der Waals surface area contributed by atoms with E-state index in [2.05, 4.69) is 38.3 Å². The third-order valence-corrected chi connectivity index (χ3v) is 5.55. The molecule has 2 heterocycles. The maximum atomic E-state index is 12.8. The molecule has 2 aliphatic heterocycles. The van der Waals surface area contributed by atoms with Gasteiger partial charge in [0.25, 0.3) is 0 Å². The van der Waals surface area contributed by atoms with Gasteiger partial charge in [0, 0.05) is 37.5 Å². The minimum Gasteiger partial charge on any atom is -0.497 e. The number of nitrogens with two attached hydrogens (primary N) is 1. The molecule has 2 saturated heterocycles. The Morgan fingerprint density at radius 2 is 1.74 bits per heavy atom. The lowest BCUT2D eigenvalue weighted by Crippen LogP contribution is -3.06. The van der Waals surface area contributed by atoms with Crippen molar-refractivity contribution in [3.63, 3.8) is 0 Å². The second-order valence-corrected chi connectivity index (χ2v) is 9.34. The molecule has 2 aliphatic rings. The van der Waals surface area contributed by atoms with Crippen LogP contribution in [0.25, 0.3) is 0 Å². The molecule has 2 fully saturated rings. The standard InChI is InChI=1S/C21H31N3O3/c1-20(2)11-15(12-21(3,4)23-20)22-19(26)14-10-18(25)24(13-14)16-6-8-17(27-5)9-7-16/h6-9,14-15,23H,10-13H2,1-5H3,(H,22,26)/p+1/t14-/m1/s1. The first-order chi connectivity index (χ1) is 12.6. The van der Waals surface area contributed by atoms with Gasteiger partial charge < -0.3 is 20.3 Å². The number of ether oxygens (including phenoxy) is 1. The number of hydrogen-bond acceptors (Lipinski definition) is 3. The molecule has 27 heavy (non-hydrogen) atoms. The van der Waals surface area contributed by atoms with Crippen LogP contribution in [0.1, 0.15) is 47.0 Å². The van der Waals surface area contributed by atoms with Crippen LogP contribution in [0.4, 0.5) is 5.69 Å². The van der Waals surface area contributed by atoms with Crippen LogP contribution in [0.2, 0.25) is 0 Å². The lowest BCUT2D eigenvalue weighted by Gasteiger charge is -2.43. The summed E-state index contributed by atoms with van der Waals surface area (Å²) in [6, 6.07) is 7.53. The molecule has 0 unspecified atom stereocenters. The number of anilines is 1. The number of carbonyl (C=O) groups excluding carboxylic acids is 2. The van der Waals surface area contributed by atoms with Crippen LogP contribution in [-0.2, 0) is 9.59 Å². The van der Waals surface area contributed by atoms with Crippen LogP contribution in [0, 0.1) is 5.92 Å². The lowest BCUT2D eigenvalue weighted by atomic mass is 9.79. The number of benzene rings is 1. The summed E-state index contributed by atoms with van der Waals surface area (Å²) in [6.07, 6.45) is 2.14. The van der Waals surface area contributed by atoms with E-state index in [9.17, 15) is 9.59 Å². The van der Waals surface area contributed by atoms with Crippen LogP contribution in [-0.4, -0.2) is 42.6 Å². The molecule has 2 amide bonds. The fraction of sp³-hybridized carbons (Fsp3) is 0.619. The van der Waals surface area contributed by atoms with E-state index < -0.39 is 0 Å². The highest BCUT2D eigenvalue weighted by Crippen LogP contribution is 2.28. The SMILES string of the molecule is COc1ccc(N2C[C@H](C(=O)NC3CC(C)(C)[NH2+]C(C)(C)C3)CC2=O)cc1. The van der Waals surface area contributed by atoms with Gasteiger partial charge in [0.1, 0.15) is 5.75 Å². The summed E-state index contributed by atoms with van der Waals surface area (Å²) < 4.78 is 5.17. The molecule has 1 aromatic rings. The van der Waals surface area contributed by atoms with Crippen LogP contribution >= 0.6 is 0 Å². The zero-order valence-electron chi connectivity index (χ0n) is 17.0. The van der Waals surface area contributed by atoms with Crippen molar-refractivity contribution in [3.8, 4) is 5.75 Å². The predicted octanol–water partition coefficient (Wildman–Crippen LogP) is 1.45. The fourth-order valence-corrected chi connectivity index (χ4v) is 4.83. The summed E-state index contributed by atoms with van der Waals surface area (Å²) in [6.45, 7) is 9.31. The van der Waals surface area contributed by atoms with Crippen LogP contribution in [0.3, 0.4) is 0 Å². The van der Waals surface area contributed by atoms with Crippen molar-refractivity contribution in [1.29, 1.82) is 0 Å². The number of carbonyl (C=O) groups is 2. The quantitative estimate of drug-likeness (QED) is 0.838. The van der Waals surface area contributed by atoms with Gasteiger partial charge in [-0.05, 0) is 52.0 Å². The van der Waals surface area contributed by atoms with Crippen molar-refractivity contribution in [2.24, 2.45) is 5.92 Å². The molecule has 6 heteroatoms. The van der Waals surface area contributed by atoms with Gasteiger partial charge in [-0.1, -0.05) is 0 Å². The highest BCUT2D eigenvalue weighted by Gasteiger charge is 2.43.